The minimum atomic E-state index is -0.120. The summed E-state index contributed by atoms with van der Waals surface area (Å²) in [6.07, 6.45) is 2.23. The van der Waals surface area contributed by atoms with Crippen LogP contribution in [0.5, 0.6) is 0 Å². The fraction of sp³-hybridized carbons (Fsp3) is 0.167. The number of hydrogen-bond donors (Lipinski definition) is 1. The molecule has 7 nitrogen and oxygen atoms in total. The highest BCUT2D eigenvalue weighted by Crippen LogP contribution is 2.22. The second kappa shape index (κ2) is 7.77. The molecule has 0 saturated carbocycles. The van der Waals surface area contributed by atoms with E-state index < -0.39 is 0 Å². The van der Waals surface area contributed by atoms with Crippen LogP contribution in [0.3, 0.4) is 0 Å². The molecule has 27 heavy (non-hydrogen) atoms. The number of benzene rings is 1. The van der Waals surface area contributed by atoms with Crippen LogP contribution in [-0.2, 0) is 6.42 Å². The lowest BCUT2D eigenvalue weighted by Gasteiger charge is -2.06. The molecule has 9 heteroatoms. The minimum Gasteiger partial charge on any atom is -0.351 e. The number of thiazole rings is 1. The van der Waals surface area contributed by atoms with E-state index in [1.54, 1.807) is 11.3 Å². The molecule has 0 radical (unpaired) electrons. The van der Waals surface area contributed by atoms with Crippen molar-refractivity contribution in [3.05, 3.63) is 62.9 Å². The first-order valence-corrected chi connectivity index (χ1v) is 10.1. The van der Waals surface area contributed by atoms with Gasteiger partial charge in [0.05, 0.1) is 16.4 Å². The van der Waals surface area contributed by atoms with Crippen LogP contribution in [-0.4, -0.2) is 37.6 Å². The Morgan fingerprint density at radius 2 is 2.04 bits per heavy atom. The van der Waals surface area contributed by atoms with Crippen LogP contribution in [0.4, 0.5) is 0 Å². The molecule has 0 aliphatic heterocycles. The SMILES string of the molecule is Cc1nc(-c2ccc(CCNC(=O)c3sccc3-n3cnnn3)cc2)cs1. The summed E-state index contributed by atoms with van der Waals surface area (Å²) in [6.45, 7) is 2.56. The largest absolute Gasteiger partial charge is 0.351 e. The van der Waals surface area contributed by atoms with E-state index in [4.69, 9.17) is 0 Å². The zero-order chi connectivity index (χ0) is 18.6. The van der Waals surface area contributed by atoms with Crippen LogP contribution in [0.2, 0.25) is 0 Å². The van der Waals surface area contributed by atoms with Crippen molar-refractivity contribution in [1.29, 1.82) is 0 Å². The second-order valence-corrected chi connectivity index (χ2v) is 7.82. The van der Waals surface area contributed by atoms with E-state index in [-0.39, 0.29) is 5.91 Å². The fourth-order valence-corrected chi connectivity index (χ4v) is 4.08. The van der Waals surface area contributed by atoms with Gasteiger partial charge >= 0.3 is 0 Å². The van der Waals surface area contributed by atoms with E-state index in [1.807, 2.05) is 18.4 Å². The molecule has 0 saturated heterocycles. The smallest absolute Gasteiger partial charge is 0.263 e. The molecule has 0 unspecified atom stereocenters. The Morgan fingerprint density at radius 3 is 2.74 bits per heavy atom. The first kappa shape index (κ1) is 17.5. The van der Waals surface area contributed by atoms with Gasteiger partial charge in [-0.3, -0.25) is 4.79 Å². The van der Waals surface area contributed by atoms with Crippen molar-refractivity contribution in [1.82, 2.24) is 30.5 Å². The molecule has 1 aromatic carbocycles. The Labute approximate surface area is 163 Å². The van der Waals surface area contributed by atoms with Gasteiger partial charge in [0.15, 0.2) is 0 Å². The van der Waals surface area contributed by atoms with Gasteiger partial charge in [0.1, 0.15) is 11.2 Å². The summed E-state index contributed by atoms with van der Waals surface area (Å²) in [5.41, 5.74) is 3.96. The quantitative estimate of drug-likeness (QED) is 0.541. The summed E-state index contributed by atoms with van der Waals surface area (Å²) in [5.74, 6) is -0.120. The molecule has 0 aliphatic carbocycles. The Balaban J connectivity index is 1.35. The monoisotopic (exact) mass is 396 g/mol. The number of thiophene rings is 1. The van der Waals surface area contributed by atoms with Gasteiger partial charge in [-0.2, -0.15) is 4.68 Å². The number of nitrogens with one attached hydrogen (secondary N) is 1. The summed E-state index contributed by atoms with van der Waals surface area (Å²) in [5, 5.41) is 19.0. The lowest BCUT2D eigenvalue weighted by atomic mass is 10.1. The van der Waals surface area contributed by atoms with E-state index in [2.05, 4.69) is 55.5 Å². The summed E-state index contributed by atoms with van der Waals surface area (Å²) in [7, 11) is 0. The average Bonchev–Trinajstić information content (AvgIpc) is 3.43. The van der Waals surface area contributed by atoms with Crippen molar-refractivity contribution >= 4 is 28.6 Å². The number of rotatable bonds is 6. The maximum absolute atomic E-state index is 12.5. The van der Waals surface area contributed by atoms with Crippen LogP contribution >= 0.6 is 22.7 Å². The maximum atomic E-state index is 12.5. The van der Waals surface area contributed by atoms with Gasteiger partial charge in [0, 0.05) is 17.5 Å². The third-order valence-electron chi connectivity index (χ3n) is 4.01. The number of aromatic nitrogens is 5. The predicted octanol–water partition coefficient (Wildman–Crippen LogP) is 3.13. The highest BCUT2D eigenvalue weighted by Gasteiger charge is 2.15. The van der Waals surface area contributed by atoms with Gasteiger partial charge in [-0.1, -0.05) is 24.3 Å². The molecular weight excluding hydrogens is 380 g/mol. The Bertz CT molecular complexity index is 1040. The van der Waals surface area contributed by atoms with Crippen LogP contribution in [0, 0.1) is 6.92 Å². The molecular formula is C18H16N6OS2. The normalized spacial score (nSPS) is 10.9. The first-order chi connectivity index (χ1) is 13.2. The summed E-state index contributed by atoms with van der Waals surface area (Å²) in [4.78, 5) is 17.6. The molecule has 0 bridgehead atoms. The molecule has 4 rings (SSSR count). The molecule has 0 fully saturated rings. The first-order valence-electron chi connectivity index (χ1n) is 8.31. The standard InChI is InChI=1S/C18H16N6OS2/c1-12-21-15(10-27-12)14-4-2-13(3-5-14)6-8-19-18(25)17-16(7-9-26-17)24-11-20-22-23-24/h2-5,7,9-11H,6,8H2,1H3,(H,19,25). The van der Waals surface area contributed by atoms with Crippen LogP contribution in [0.1, 0.15) is 20.2 Å². The number of nitrogens with zero attached hydrogens (tertiary/aromatic N) is 5. The van der Waals surface area contributed by atoms with Crippen LogP contribution < -0.4 is 5.32 Å². The summed E-state index contributed by atoms with van der Waals surface area (Å²) in [6, 6.07) is 10.1. The molecule has 0 atom stereocenters. The molecule has 136 valence electrons. The number of carbonyl (C=O) groups excluding carboxylic acids is 1. The van der Waals surface area contributed by atoms with E-state index in [1.165, 1.54) is 22.3 Å². The minimum absolute atomic E-state index is 0.120. The van der Waals surface area contributed by atoms with Gasteiger partial charge in [0.2, 0.25) is 0 Å². The van der Waals surface area contributed by atoms with Crippen LogP contribution in [0.25, 0.3) is 16.9 Å². The number of tetrazole rings is 1. The number of aryl methyl sites for hydroxylation is 1. The van der Waals surface area contributed by atoms with Gasteiger partial charge in [-0.05, 0) is 40.8 Å². The van der Waals surface area contributed by atoms with E-state index >= 15 is 0 Å². The van der Waals surface area contributed by atoms with Crippen molar-refractivity contribution in [2.45, 2.75) is 13.3 Å². The zero-order valence-electron chi connectivity index (χ0n) is 14.5. The summed E-state index contributed by atoms with van der Waals surface area (Å²) >= 11 is 3.02. The second-order valence-electron chi connectivity index (χ2n) is 5.84. The summed E-state index contributed by atoms with van der Waals surface area (Å²) < 4.78 is 1.49. The molecule has 0 aliphatic rings. The topological polar surface area (TPSA) is 85.6 Å². The number of hydrogen-bond acceptors (Lipinski definition) is 7. The highest BCUT2D eigenvalue weighted by atomic mass is 32.1. The van der Waals surface area contributed by atoms with Gasteiger partial charge in [-0.25, -0.2) is 4.98 Å². The number of carbonyl (C=O) groups is 1. The molecule has 1 amide bonds. The van der Waals surface area contributed by atoms with Crippen LogP contribution in [0.15, 0.2) is 47.4 Å². The third-order valence-corrected chi connectivity index (χ3v) is 5.69. The molecule has 0 spiro atoms. The van der Waals surface area contributed by atoms with Crippen molar-refractivity contribution in [3.8, 4) is 16.9 Å². The van der Waals surface area contributed by atoms with E-state index in [9.17, 15) is 4.79 Å². The fourth-order valence-electron chi connectivity index (χ4n) is 2.66. The van der Waals surface area contributed by atoms with E-state index in [0.29, 0.717) is 17.1 Å². The van der Waals surface area contributed by atoms with Gasteiger partial charge < -0.3 is 5.32 Å². The van der Waals surface area contributed by atoms with Crippen molar-refractivity contribution in [3.63, 3.8) is 0 Å². The van der Waals surface area contributed by atoms with Gasteiger partial charge in [-0.15, -0.1) is 27.8 Å². The average molecular weight is 397 g/mol. The van der Waals surface area contributed by atoms with Crippen molar-refractivity contribution in [2.24, 2.45) is 0 Å². The van der Waals surface area contributed by atoms with Crippen molar-refractivity contribution in [2.75, 3.05) is 6.54 Å². The highest BCUT2D eigenvalue weighted by molar-refractivity contribution is 7.12. The predicted molar refractivity (Wildman–Crippen MR) is 105 cm³/mol. The number of amides is 1. The Hall–Kier alpha value is -2.91. The lowest BCUT2D eigenvalue weighted by Crippen LogP contribution is -2.25. The Kier molecular flexibility index (Phi) is 5.03. The molecule has 3 heterocycles. The molecule has 1 N–H and O–H groups in total. The Morgan fingerprint density at radius 1 is 1.19 bits per heavy atom. The molecule has 4 aromatic rings. The zero-order valence-corrected chi connectivity index (χ0v) is 16.1. The van der Waals surface area contributed by atoms with E-state index in [0.717, 1.165) is 28.2 Å². The third kappa shape index (κ3) is 3.93. The maximum Gasteiger partial charge on any atom is 0.263 e. The van der Waals surface area contributed by atoms with Crippen molar-refractivity contribution < 1.29 is 4.79 Å². The lowest BCUT2D eigenvalue weighted by molar-refractivity contribution is 0.0958. The van der Waals surface area contributed by atoms with Gasteiger partial charge in [0.25, 0.3) is 5.91 Å². The molecule has 3 aromatic heterocycles.